The SMILES string of the molecule is COc1csc(C(=O)Nc2c(Cl)cc(Cl)cc2C(=O)O)c1. The number of aromatic carboxylic acids is 1. The number of anilines is 1. The Balaban J connectivity index is 2.34. The van der Waals surface area contributed by atoms with Gasteiger partial charge in [-0.2, -0.15) is 0 Å². The number of thiophene rings is 1. The molecule has 0 saturated heterocycles. The van der Waals surface area contributed by atoms with Gasteiger partial charge in [0.05, 0.1) is 28.3 Å². The van der Waals surface area contributed by atoms with E-state index < -0.39 is 11.9 Å². The number of rotatable bonds is 4. The maximum absolute atomic E-state index is 12.1. The minimum Gasteiger partial charge on any atom is -0.496 e. The van der Waals surface area contributed by atoms with Crippen molar-refractivity contribution in [1.29, 1.82) is 0 Å². The predicted octanol–water partition coefficient (Wildman–Crippen LogP) is 4.01. The first-order chi connectivity index (χ1) is 9.92. The van der Waals surface area contributed by atoms with Gasteiger partial charge in [0, 0.05) is 16.5 Å². The maximum atomic E-state index is 12.1. The first-order valence-electron chi connectivity index (χ1n) is 5.58. The van der Waals surface area contributed by atoms with Gasteiger partial charge in [-0.05, 0) is 12.1 Å². The van der Waals surface area contributed by atoms with Gasteiger partial charge in [-0.25, -0.2) is 4.79 Å². The number of carbonyl (C=O) groups excluding carboxylic acids is 1. The van der Waals surface area contributed by atoms with E-state index in [2.05, 4.69) is 5.32 Å². The summed E-state index contributed by atoms with van der Waals surface area (Å²) in [6.07, 6.45) is 0. The fourth-order valence-electron chi connectivity index (χ4n) is 1.59. The molecule has 0 spiro atoms. The van der Waals surface area contributed by atoms with Crippen molar-refractivity contribution in [1.82, 2.24) is 0 Å². The van der Waals surface area contributed by atoms with Gasteiger partial charge < -0.3 is 15.2 Å². The van der Waals surface area contributed by atoms with Crippen molar-refractivity contribution >= 4 is 52.1 Å². The smallest absolute Gasteiger partial charge is 0.337 e. The fraction of sp³-hybridized carbons (Fsp3) is 0.0769. The van der Waals surface area contributed by atoms with Crippen LogP contribution in [0.2, 0.25) is 10.0 Å². The van der Waals surface area contributed by atoms with Gasteiger partial charge in [0.25, 0.3) is 5.91 Å². The van der Waals surface area contributed by atoms with E-state index >= 15 is 0 Å². The van der Waals surface area contributed by atoms with Crippen LogP contribution in [0.1, 0.15) is 20.0 Å². The zero-order valence-corrected chi connectivity index (χ0v) is 13.0. The van der Waals surface area contributed by atoms with Crippen LogP contribution < -0.4 is 10.1 Å². The van der Waals surface area contributed by atoms with Gasteiger partial charge in [-0.15, -0.1) is 11.3 Å². The molecule has 1 heterocycles. The Morgan fingerprint density at radius 2 is 2.00 bits per heavy atom. The van der Waals surface area contributed by atoms with Crippen LogP contribution in [0.15, 0.2) is 23.6 Å². The number of amides is 1. The second-order valence-corrected chi connectivity index (χ2v) is 5.68. The first-order valence-corrected chi connectivity index (χ1v) is 7.22. The molecule has 0 aliphatic heterocycles. The van der Waals surface area contributed by atoms with Gasteiger partial charge >= 0.3 is 5.97 Å². The minimum absolute atomic E-state index is 0.00549. The predicted molar refractivity (Wildman–Crippen MR) is 82.2 cm³/mol. The van der Waals surface area contributed by atoms with E-state index in [4.69, 9.17) is 33.0 Å². The van der Waals surface area contributed by atoms with Crippen LogP contribution in [-0.4, -0.2) is 24.1 Å². The molecule has 1 amide bonds. The van der Waals surface area contributed by atoms with Crippen LogP contribution in [-0.2, 0) is 0 Å². The molecule has 2 rings (SSSR count). The van der Waals surface area contributed by atoms with Crippen molar-refractivity contribution < 1.29 is 19.4 Å². The third-order valence-corrected chi connectivity index (χ3v) is 3.98. The molecular formula is C13H9Cl2NO4S. The number of methoxy groups -OCH3 is 1. The highest BCUT2D eigenvalue weighted by molar-refractivity contribution is 7.12. The van der Waals surface area contributed by atoms with Crippen LogP contribution in [0.25, 0.3) is 0 Å². The van der Waals surface area contributed by atoms with E-state index in [0.29, 0.717) is 10.6 Å². The van der Waals surface area contributed by atoms with E-state index in [-0.39, 0.29) is 21.3 Å². The van der Waals surface area contributed by atoms with Crippen LogP contribution >= 0.6 is 34.5 Å². The monoisotopic (exact) mass is 345 g/mol. The van der Waals surface area contributed by atoms with Crippen molar-refractivity contribution in [2.24, 2.45) is 0 Å². The van der Waals surface area contributed by atoms with Crippen molar-refractivity contribution in [3.8, 4) is 5.75 Å². The van der Waals surface area contributed by atoms with Crippen molar-refractivity contribution in [3.05, 3.63) is 44.1 Å². The van der Waals surface area contributed by atoms with Gasteiger partial charge in [0.1, 0.15) is 5.75 Å². The highest BCUT2D eigenvalue weighted by Gasteiger charge is 2.19. The highest BCUT2D eigenvalue weighted by atomic mass is 35.5. The minimum atomic E-state index is -1.24. The summed E-state index contributed by atoms with van der Waals surface area (Å²) in [6.45, 7) is 0. The molecule has 0 fully saturated rings. The average Bonchev–Trinajstić information content (AvgIpc) is 2.90. The summed E-state index contributed by atoms with van der Waals surface area (Å²) in [7, 11) is 1.49. The van der Waals surface area contributed by atoms with Crippen molar-refractivity contribution in [3.63, 3.8) is 0 Å². The lowest BCUT2D eigenvalue weighted by atomic mass is 10.1. The van der Waals surface area contributed by atoms with Gasteiger partial charge in [-0.1, -0.05) is 23.2 Å². The molecule has 0 aliphatic rings. The first kappa shape index (κ1) is 15.6. The maximum Gasteiger partial charge on any atom is 0.337 e. The Kier molecular flexibility index (Phi) is 4.72. The summed E-state index contributed by atoms with van der Waals surface area (Å²) in [5.41, 5.74) is -0.171. The number of ether oxygens (including phenoxy) is 1. The van der Waals surface area contributed by atoms with Crippen molar-refractivity contribution in [2.75, 3.05) is 12.4 Å². The Labute approximate surface area is 134 Å². The molecule has 0 bridgehead atoms. The van der Waals surface area contributed by atoms with Crippen LogP contribution in [0.4, 0.5) is 5.69 Å². The molecule has 0 atom stereocenters. The van der Waals surface area contributed by atoms with Gasteiger partial charge in [-0.3, -0.25) is 4.79 Å². The third-order valence-electron chi connectivity index (χ3n) is 2.56. The molecule has 110 valence electrons. The van der Waals surface area contributed by atoms with E-state index in [1.165, 1.54) is 30.6 Å². The van der Waals surface area contributed by atoms with Crippen molar-refractivity contribution in [2.45, 2.75) is 0 Å². The highest BCUT2D eigenvalue weighted by Crippen LogP contribution is 2.31. The number of nitrogens with one attached hydrogen (secondary N) is 1. The summed E-state index contributed by atoms with van der Waals surface area (Å²) in [5.74, 6) is -1.17. The summed E-state index contributed by atoms with van der Waals surface area (Å²) in [6, 6.07) is 4.13. The number of carboxylic acid groups (broad SMARTS) is 1. The number of benzene rings is 1. The molecular weight excluding hydrogens is 337 g/mol. The largest absolute Gasteiger partial charge is 0.496 e. The lowest BCUT2D eigenvalue weighted by molar-refractivity contribution is 0.0698. The number of hydrogen-bond acceptors (Lipinski definition) is 4. The number of hydrogen-bond donors (Lipinski definition) is 2. The second kappa shape index (κ2) is 6.34. The van der Waals surface area contributed by atoms with Gasteiger partial charge in [0.15, 0.2) is 0 Å². The van der Waals surface area contributed by atoms with Crippen LogP contribution in [0, 0.1) is 0 Å². The molecule has 1 aromatic heterocycles. The summed E-state index contributed by atoms with van der Waals surface area (Å²) < 4.78 is 4.99. The molecule has 8 heteroatoms. The number of carboxylic acids is 1. The summed E-state index contributed by atoms with van der Waals surface area (Å²) in [4.78, 5) is 23.7. The molecule has 0 aliphatic carbocycles. The van der Waals surface area contributed by atoms with E-state index in [1.54, 1.807) is 11.4 Å². The Morgan fingerprint density at radius 3 is 2.57 bits per heavy atom. The Hall–Kier alpha value is -1.76. The Morgan fingerprint density at radius 1 is 1.29 bits per heavy atom. The van der Waals surface area contributed by atoms with Gasteiger partial charge in [0.2, 0.25) is 0 Å². The summed E-state index contributed by atoms with van der Waals surface area (Å²) in [5, 5.41) is 13.5. The molecule has 2 N–H and O–H groups in total. The number of carbonyl (C=O) groups is 2. The van der Waals surface area contributed by atoms with E-state index in [1.807, 2.05) is 0 Å². The quantitative estimate of drug-likeness (QED) is 0.877. The van der Waals surface area contributed by atoms with Crippen LogP contribution in [0.3, 0.4) is 0 Å². The van der Waals surface area contributed by atoms with E-state index in [0.717, 1.165) is 0 Å². The standard InChI is InChI=1S/C13H9Cl2NO4S/c1-20-7-4-10(21-5-7)12(17)16-11-8(13(18)19)2-6(14)3-9(11)15/h2-5H,1H3,(H,16,17)(H,18,19). The topological polar surface area (TPSA) is 75.6 Å². The zero-order chi connectivity index (χ0) is 15.6. The molecule has 0 saturated carbocycles. The number of halogens is 2. The summed E-state index contributed by atoms with van der Waals surface area (Å²) >= 11 is 12.9. The zero-order valence-electron chi connectivity index (χ0n) is 10.6. The second-order valence-electron chi connectivity index (χ2n) is 3.92. The fourth-order valence-corrected chi connectivity index (χ4v) is 2.88. The molecule has 1 aromatic carbocycles. The Bertz CT molecular complexity index is 714. The molecule has 21 heavy (non-hydrogen) atoms. The lowest BCUT2D eigenvalue weighted by Gasteiger charge is -2.10. The molecule has 5 nitrogen and oxygen atoms in total. The average molecular weight is 346 g/mol. The lowest BCUT2D eigenvalue weighted by Crippen LogP contribution is -2.14. The van der Waals surface area contributed by atoms with Crippen LogP contribution in [0.5, 0.6) is 5.75 Å². The van der Waals surface area contributed by atoms with E-state index in [9.17, 15) is 9.59 Å². The third kappa shape index (κ3) is 3.47. The normalized spacial score (nSPS) is 10.2. The molecule has 0 radical (unpaired) electrons. The molecule has 0 unspecified atom stereocenters. The molecule has 2 aromatic rings.